The first-order valence-electron chi connectivity index (χ1n) is 7.91. The van der Waals surface area contributed by atoms with Crippen molar-refractivity contribution in [2.75, 3.05) is 17.7 Å². The van der Waals surface area contributed by atoms with Crippen LogP contribution in [-0.2, 0) is 26.7 Å². The predicted molar refractivity (Wildman–Crippen MR) is 91.5 cm³/mol. The fraction of sp³-hybridized carbons (Fsp3) is 0.167. The largest absolute Gasteiger partial charge is 0.465 e. The number of carbonyl (C=O) groups is 3. The van der Waals surface area contributed by atoms with Crippen LogP contribution in [0.1, 0.15) is 21.5 Å². The summed E-state index contributed by atoms with van der Waals surface area (Å²) in [4.78, 5) is 35.1. The minimum absolute atomic E-state index is 0.0443. The maximum Gasteiger partial charge on any atom is 0.416 e. The predicted octanol–water partition coefficient (Wildman–Crippen LogP) is 4.09. The van der Waals surface area contributed by atoms with Crippen LogP contribution < -0.4 is 10.6 Å². The Kier molecular flexibility index (Phi) is 6.38. The zero-order chi connectivity index (χ0) is 22.7. The van der Waals surface area contributed by atoms with E-state index in [2.05, 4.69) is 10.1 Å². The van der Waals surface area contributed by atoms with Gasteiger partial charge in [0.05, 0.1) is 23.8 Å². The van der Waals surface area contributed by atoms with E-state index in [1.807, 2.05) is 0 Å². The number of esters is 1. The van der Waals surface area contributed by atoms with Gasteiger partial charge in [0.15, 0.2) is 0 Å². The van der Waals surface area contributed by atoms with Gasteiger partial charge in [0.1, 0.15) is 0 Å². The molecule has 0 radical (unpaired) electrons. The highest BCUT2D eigenvalue weighted by molar-refractivity contribution is 6.43. The van der Waals surface area contributed by atoms with Crippen LogP contribution in [0.15, 0.2) is 42.5 Å². The molecule has 0 fully saturated rings. The van der Waals surface area contributed by atoms with Crippen molar-refractivity contribution in [1.29, 1.82) is 0 Å². The molecule has 0 spiro atoms. The van der Waals surface area contributed by atoms with Gasteiger partial charge in [0.25, 0.3) is 0 Å². The highest BCUT2D eigenvalue weighted by Gasteiger charge is 2.37. The molecule has 0 atom stereocenters. The van der Waals surface area contributed by atoms with E-state index < -0.39 is 47.0 Å². The molecule has 2 amide bonds. The molecule has 0 heterocycles. The van der Waals surface area contributed by atoms with Crippen molar-refractivity contribution in [2.45, 2.75) is 12.4 Å². The standard InChI is InChI=1S/C18H12F6N2O4/c1-30-16(29)9-2-4-12(5-3-9)25-14(27)15(28)26-13-7-10(17(19,20)21)6-11(8-13)18(22,23)24/h2-8H,1H3,(H,25,27)(H,26,28). The Morgan fingerprint density at radius 2 is 1.17 bits per heavy atom. The van der Waals surface area contributed by atoms with Gasteiger partial charge in [-0.25, -0.2) is 4.79 Å². The Morgan fingerprint density at radius 3 is 1.57 bits per heavy atom. The maximum absolute atomic E-state index is 12.8. The SMILES string of the molecule is COC(=O)c1ccc(NC(=O)C(=O)Nc2cc(C(F)(F)F)cc(C(F)(F)F)c2)cc1. The smallest absolute Gasteiger partial charge is 0.416 e. The van der Waals surface area contributed by atoms with Gasteiger partial charge in [0, 0.05) is 11.4 Å². The first kappa shape index (κ1) is 22.7. The van der Waals surface area contributed by atoms with Crippen LogP contribution in [0.4, 0.5) is 37.7 Å². The van der Waals surface area contributed by atoms with Crippen LogP contribution in [0.2, 0.25) is 0 Å². The Labute approximate surface area is 164 Å². The summed E-state index contributed by atoms with van der Waals surface area (Å²) in [5.41, 5.74) is -3.97. The highest BCUT2D eigenvalue weighted by atomic mass is 19.4. The second-order valence-electron chi connectivity index (χ2n) is 5.77. The Morgan fingerprint density at radius 1 is 0.733 bits per heavy atom. The Balaban J connectivity index is 2.18. The van der Waals surface area contributed by atoms with Crippen LogP contribution in [0.3, 0.4) is 0 Å². The lowest BCUT2D eigenvalue weighted by Crippen LogP contribution is -2.29. The number of rotatable bonds is 3. The van der Waals surface area contributed by atoms with Gasteiger partial charge in [-0.05, 0) is 42.5 Å². The van der Waals surface area contributed by atoms with Crippen LogP contribution in [0, 0.1) is 0 Å². The van der Waals surface area contributed by atoms with Gasteiger partial charge in [-0.2, -0.15) is 26.3 Å². The molecule has 0 aliphatic rings. The second kappa shape index (κ2) is 8.43. The van der Waals surface area contributed by atoms with Crippen LogP contribution in [-0.4, -0.2) is 24.9 Å². The molecule has 2 aromatic carbocycles. The number of anilines is 2. The molecule has 0 aliphatic heterocycles. The molecule has 6 nitrogen and oxygen atoms in total. The molecule has 0 bridgehead atoms. The van der Waals surface area contributed by atoms with Crippen LogP contribution >= 0.6 is 0 Å². The third-order valence-corrected chi connectivity index (χ3v) is 3.62. The van der Waals surface area contributed by atoms with Gasteiger partial charge in [-0.15, -0.1) is 0 Å². The van der Waals surface area contributed by atoms with Gasteiger partial charge < -0.3 is 15.4 Å². The molecule has 2 rings (SSSR count). The van der Waals surface area contributed by atoms with E-state index >= 15 is 0 Å². The van der Waals surface area contributed by atoms with E-state index in [4.69, 9.17) is 0 Å². The molecule has 2 aromatic rings. The van der Waals surface area contributed by atoms with E-state index in [1.54, 1.807) is 5.32 Å². The number of hydrogen-bond donors (Lipinski definition) is 2. The summed E-state index contributed by atoms with van der Waals surface area (Å²) < 4.78 is 81.5. The number of hydrogen-bond acceptors (Lipinski definition) is 4. The van der Waals surface area contributed by atoms with Gasteiger partial charge >= 0.3 is 30.1 Å². The third kappa shape index (κ3) is 5.72. The fourth-order valence-electron chi connectivity index (χ4n) is 2.21. The average molecular weight is 434 g/mol. The lowest BCUT2D eigenvalue weighted by molar-refractivity contribution is -0.143. The van der Waals surface area contributed by atoms with Crippen molar-refractivity contribution < 1.29 is 45.5 Å². The van der Waals surface area contributed by atoms with E-state index in [9.17, 15) is 40.7 Å². The molecule has 0 unspecified atom stereocenters. The summed E-state index contributed by atoms with van der Waals surface area (Å²) in [7, 11) is 1.15. The van der Waals surface area contributed by atoms with Crippen molar-refractivity contribution in [2.24, 2.45) is 0 Å². The highest BCUT2D eigenvalue weighted by Crippen LogP contribution is 2.37. The molecular formula is C18H12F6N2O4. The van der Waals surface area contributed by atoms with Gasteiger partial charge in [-0.1, -0.05) is 0 Å². The normalized spacial score (nSPS) is 11.6. The van der Waals surface area contributed by atoms with E-state index in [0.29, 0.717) is 0 Å². The van der Waals surface area contributed by atoms with Gasteiger partial charge in [0.2, 0.25) is 0 Å². The van der Waals surface area contributed by atoms with Crippen molar-refractivity contribution in [3.8, 4) is 0 Å². The number of ether oxygens (including phenoxy) is 1. The number of halogens is 6. The van der Waals surface area contributed by atoms with Crippen LogP contribution in [0.5, 0.6) is 0 Å². The number of alkyl halides is 6. The quantitative estimate of drug-likeness (QED) is 0.433. The summed E-state index contributed by atoms with van der Waals surface area (Å²) in [5, 5.41) is 3.79. The summed E-state index contributed by atoms with van der Waals surface area (Å²) in [6.07, 6.45) is -10.2. The number of amides is 2. The fourth-order valence-corrected chi connectivity index (χ4v) is 2.21. The topological polar surface area (TPSA) is 84.5 Å². The number of nitrogens with one attached hydrogen (secondary N) is 2. The lowest BCUT2D eigenvalue weighted by atomic mass is 10.1. The molecule has 0 saturated heterocycles. The van der Waals surface area contributed by atoms with Crippen molar-refractivity contribution in [1.82, 2.24) is 0 Å². The lowest BCUT2D eigenvalue weighted by Gasteiger charge is -2.14. The minimum atomic E-state index is -5.11. The zero-order valence-corrected chi connectivity index (χ0v) is 14.9. The van der Waals surface area contributed by atoms with Crippen molar-refractivity contribution >= 4 is 29.2 Å². The molecule has 30 heavy (non-hydrogen) atoms. The first-order chi connectivity index (χ1) is 13.8. The molecule has 12 heteroatoms. The van der Waals surface area contributed by atoms with E-state index in [1.165, 1.54) is 24.3 Å². The van der Waals surface area contributed by atoms with Crippen LogP contribution in [0.25, 0.3) is 0 Å². The summed E-state index contributed by atoms with van der Waals surface area (Å²) >= 11 is 0. The zero-order valence-electron chi connectivity index (χ0n) is 14.9. The number of benzene rings is 2. The summed E-state index contributed by atoms with van der Waals surface area (Å²) in [6, 6.07) is 5.44. The minimum Gasteiger partial charge on any atom is -0.465 e. The molecule has 160 valence electrons. The first-order valence-corrected chi connectivity index (χ1v) is 7.91. The van der Waals surface area contributed by atoms with Gasteiger partial charge in [-0.3, -0.25) is 9.59 Å². The molecule has 0 aliphatic carbocycles. The average Bonchev–Trinajstić information content (AvgIpc) is 2.66. The number of carbonyl (C=O) groups excluding carboxylic acids is 3. The molecule has 0 aromatic heterocycles. The molecule has 2 N–H and O–H groups in total. The second-order valence-corrected chi connectivity index (χ2v) is 5.77. The monoisotopic (exact) mass is 434 g/mol. The summed E-state index contributed by atoms with van der Waals surface area (Å²) in [5.74, 6) is -3.51. The van der Waals surface area contributed by atoms with E-state index in [-0.39, 0.29) is 29.4 Å². The Hall–Kier alpha value is -3.57. The molecular weight excluding hydrogens is 422 g/mol. The van der Waals surface area contributed by atoms with Crippen molar-refractivity contribution in [3.05, 3.63) is 59.2 Å². The summed E-state index contributed by atoms with van der Waals surface area (Å²) in [6.45, 7) is 0. The molecule has 0 saturated carbocycles. The third-order valence-electron chi connectivity index (χ3n) is 3.62. The Bertz CT molecular complexity index is 936. The number of methoxy groups -OCH3 is 1. The van der Waals surface area contributed by atoms with Crippen molar-refractivity contribution in [3.63, 3.8) is 0 Å². The maximum atomic E-state index is 12.8. The van der Waals surface area contributed by atoms with E-state index in [0.717, 1.165) is 7.11 Å².